The molecule has 0 unspecified atom stereocenters. The van der Waals surface area contributed by atoms with Gasteiger partial charge in [0.05, 0.1) is 11.0 Å². The maximum absolute atomic E-state index is 7.12. The second-order valence-electron chi connectivity index (χ2n) is 11.7. The Balaban J connectivity index is 1.40. The predicted octanol–water partition coefficient (Wildman–Crippen LogP) is 12.2. The smallest absolute Gasteiger partial charge is 0.143 e. The SMILES string of the molecule is c1ccc(-c2ccccc2-c2oc(-c3ccc4c5ccccc5n(-c5ccccc5)c4c3-c3ccccc3)c3ccccc23)cc1. The minimum absolute atomic E-state index is 0.874. The van der Waals surface area contributed by atoms with Gasteiger partial charge in [-0.15, -0.1) is 0 Å². The fourth-order valence-electron chi connectivity index (χ4n) is 7.03. The molecule has 0 N–H and O–H groups in total. The highest BCUT2D eigenvalue weighted by Crippen LogP contribution is 2.48. The molecule has 2 aromatic heterocycles. The lowest BCUT2D eigenvalue weighted by Crippen LogP contribution is -1.96. The molecule has 216 valence electrons. The van der Waals surface area contributed by atoms with Crippen LogP contribution in [-0.4, -0.2) is 4.57 Å². The van der Waals surface area contributed by atoms with Gasteiger partial charge in [-0.25, -0.2) is 0 Å². The van der Waals surface area contributed by atoms with Crippen LogP contribution in [0.25, 0.3) is 83.2 Å². The van der Waals surface area contributed by atoms with Gasteiger partial charge in [0.15, 0.2) is 0 Å². The van der Waals surface area contributed by atoms with Gasteiger partial charge in [-0.2, -0.15) is 0 Å². The predicted molar refractivity (Wildman–Crippen MR) is 192 cm³/mol. The first-order chi connectivity index (χ1) is 22.9. The van der Waals surface area contributed by atoms with E-state index in [1.165, 1.54) is 27.4 Å². The first-order valence-corrected chi connectivity index (χ1v) is 15.7. The van der Waals surface area contributed by atoms with Gasteiger partial charge >= 0.3 is 0 Å². The molecule has 0 saturated heterocycles. The largest absolute Gasteiger partial charge is 0.455 e. The molecule has 2 heteroatoms. The van der Waals surface area contributed by atoms with Crippen molar-refractivity contribution >= 4 is 32.6 Å². The minimum atomic E-state index is 0.874. The van der Waals surface area contributed by atoms with Crippen molar-refractivity contribution in [2.75, 3.05) is 0 Å². The third-order valence-electron chi connectivity index (χ3n) is 9.04. The summed E-state index contributed by atoms with van der Waals surface area (Å²) in [6.07, 6.45) is 0. The lowest BCUT2D eigenvalue weighted by atomic mass is 9.93. The molecule has 0 aliphatic heterocycles. The number of hydrogen-bond donors (Lipinski definition) is 0. The summed E-state index contributed by atoms with van der Waals surface area (Å²) in [7, 11) is 0. The molecular weight excluding hydrogens is 558 g/mol. The average Bonchev–Trinajstić information content (AvgIpc) is 3.69. The van der Waals surface area contributed by atoms with Crippen LogP contribution in [0.2, 0.25) is 0 Å². The van der Waals surface area contributed by atoms with Gasteiger partial charge in [0.2, 0.25) is 0 Å². The average molecular weight is 588 g/mol. The van der Waals surface area contributed by atoms with Gasteiger partial charge in [0.1, 0.15) is 11.5 Å². The summed E-state index contributed by atoms with van der Waals surface area (Å²) in [5.74, 6) is 1.76. The Bertz CT molecular complexity index is 2500. The van der Waals surface area contributed by atoms with E-state index in [2.05, 4.69) is 180 Å². The number of nitrogens with zero attached hydrogens (tertiary/aromatic N) is 1. The Labute approximate surface area is 267 Å². The van der Waals surface area contributed by atoms with Gasteiger partial charge in [0, 0.05) is 43.9 Å². The van der Waals surface area contributed by atoms with E-state index >= 15 is 0 Å². The summed E-state index contributed by atoms with van der Waals surface area (Å²) >= 11 is 0. The van der Waals surface area contributed by atoms with E-state index in [4.69, 9.17) is 4.42 Å². The number of benzene rings is 7. The molecule has 0 saturated carbocycles. The number of fused-ring (bicyclic) bond motifs is 4. The monoisotopic (exact) mass is 587 g/mol. The molecule has 0 radical (unpaired) electrons. The van der Waals surface area contributed by atoms with Crippen molar-refractivity contribution in [3.05, 3.63) is 176 Å². The summed E-state index contributed by atoms with van der Waals surface area (Å²) in [5, 5.41) is 4.64. The lowest BCUT2D eigenvalue weighted by molar-refractivity contribution is 0.602. The van der Waals surface area contributed by atoms with E-state index in [1.54, 1.807) is 0 Å². The van der Waals surface area contributed by atoms with E-state index in [9.17, 15) is 0 Å². The molecule has 0 bridgehead atoms. The van der Waals surface area contributed by atoms with Crippen molar-refractivity contribution < 1.29 is 4.42 Å². The summed E-state index contributed by atoms with van der Waals surface area (Å²) in [6.45, 7) is 0. The van der Waals surface area contributed by atoms with Crippen LogP contribution in [-0.2, 0) is 0 Å². The first kappa shape index (κ1) is 26.3. The molecule has 2 nitrogen and oxygen atoms in total. The second-order valence-corrected chi connectivity index (χ2v) is 11.7. The molecule has 9 aromatic rings. The van der Waals surface area contributed by atoms with Crippen LogP contribution in [0.5, 0.6) is 0 Å². The highest BCUT2D eigenvalue weighted by molar-refractivity contribution is 6.18. The Kier molecular flexibility index (Phi) is 6.17. The van der Waals surface area contributed by atoms with Crippen molar-refractivity contribution in [1.29, 1.82) is 0 Å². The highest BCUT2D eigenvalue weighted by Gasteiger charge is 2.25. The van der Waals surface area contributed by atoms with Crippen LogP contribution in [0.4, 0.5) is 0 Å². The minimum Gasteiger partial charge on any atom is -0.455 e. The van der Waals surface area contributed by atoms with E-state index in [-0.39, 0.29) is 0 Å². The number of hydrogen-bond acceptors (Lipinski definition) is 1. The summed E-state index contributed by atoms with van der Waals surface area (Å²) in [4.78, 5) is 0. The maximum atomic E-state index is 7.12. The highest BCUT2D eigenvalue weighted by atomic mass is 16.3. The molecule has 0 aliphatic carbocycles. The lowest BCUT2D eigenvalue weighted by Gasteiger charge is -2.15. The number of rotatable bonds is 5. The quantitative estimate of drug-likeness (QED) is 0.196. The second kappa shape index (κ2) is 10.8. The molecule has 0 fully saturated rings. The number of para-hydroxylation sites is 2. The Hall–Kier alpha value is -6.12. The van der Waals surface area contributed by atoms with Crippen molar-refractivity contribution in [3.8, 4) is 50.6 Å². The molecule has 46 heavy (non-hydrogen) atoms. The fourth-order valence-corrected chi connectivity index (χ4v) is 7.03. The number of furan rings is 1. The summed E-state index contributed by atoms with van der Waals surface area (Å²) in [6, 6.07) is 62.3. The van der Waals surface area contributed by atoms with Crippen molar-refractivity contribution in [3.63, 3.8) is 0 Å². The zero-order valence-electron chi connectivity index (χ0n) is 25.1. The van der Waals surface area contributed by atoms with Crippen LogP contribution in [0.15, 0.2) is 180 Å². The maximum Gasteiger partial charge on any atom is 0.143 e. The van der Waals surface area contributed by atoms with Crippen molar-refractivity contribution in [1.82, 2.24) is 4.57 Å². The molecule has 9 rings (SSSR count). The van der Waals surface area contributed by atoms with Crippen LogP contribution in [0.1, 0.15) is 0 Å². The zero-order valence-corrected chi connectivity index (χ0v) is 25.1. The summed E-state index contributed by atoms with van der Waals surface area (Å²) < 4.78 is 9.53. The molecule has 7 aromatic carbocycles. The van der Waals surface area contributed by atoms with Crippen LogP contribution >= 0.6 is 0 Å². The van der Waals surface area contributed by atoms with Crippen molar-refractivity contribution in [2.24, 2.45) is 0 Å². The Morgan fingerprint density at radius 3 is 1.57 bits per heavy atom. The molecule has 0 amide bonds. The molecular formula is C44H29NO. The topological polar surface area (TPSA) is 18.1 Å². The van der Waals surface area contributed by atoms with Crippen LogP contribution in [0.3, 0.4) is 0 Å². The fraction of sp³-hybridized carbons (Fsp3) is 0. The zero-order chi connectivity index (χ0) is 30.5. The third-order valence-corrected chi connectivity index (χ3v) is 9.04. The van der Waals surface area contributed by atoms with Crippen LogP contribution in [0, 0.1) is 0 Å². The van der Waals surface area contributed by atoms with Crippen LogP contribution < -0.4 is 0 Å². The normalized spacial score (nSPS) is 11.5. The molecule has 0 atom stereocenters. The van der Waals surface area contributed by atoms with Gasteiger partial charge in [-0.1, -0.05) is 152 Å². The number of aromatic nitrogens is 1. The van der Waals surface area contributed by atoms with E-state index in [0.717, 1.165) is 55.8 Å². The van der Waals surface area contributed by atoms with Gasteiger partial charge in [-0.05, 0) is 41.0 Å². The standard InChI is InChI=1S/C44H29NO/c1-4-16-30(17-5-1)33-22-10-11-24-36(33)43-37-25-12-13-26-38(37)44(46-43)39-29-28-35-34-23-14-15-27-40(34)45(32-20-8-3-9-21-32)42(35)41(39)31-18-6-2-7-19-31/h1-29H. The Morgan fingerprint density at radius 1 is 0.348 bits per heavy atom. The van der Waals surface area contributed by atoms with Gasteiger partial charge in [-0.3, -0.25) is 0 Å². The molecule has 2 heterocycles. The van der Waals surface area contributed by atoms with Gasteiger partial charge in [0.25, 0.3) is 0 Å². The first-order valence-electron chi connectivity index (χ1n) is 15.7. The van der Waals surface area contributed by atoms with Gasteiger partial charge < -0.3 is 8.98 Å². The van der Waals surface area contributed by atoms with E-state index in [0.29, 0.717) is 0 Å². The molecule has 0 spiro atoms. The van der Waals surface area contributed by atoms with Crippen molar-refractivity contribution in [2.45, 2.75) is 0 Å². The molecule has 0 aliphatic rings. The Morgan fingerprint density at radius 2 is 0.870 bits per heavy atom. The summed E-state index contributed by atoms with van der Waals surface area (Å²) in [5.41, 5.74) is 10.2. The third kappa shape index (κ3) is 4.12. The van der Waals surface area contributed by atoms with E-state index in [1.807, 2.05) is 0 Å². The van der Waals surface area contributed by atoms with E-state index < -0.39 is 0 Å².